The summed E-state index contributed by atoms with van der Waals surface area (Å²) in [4.78, 5) is 11.8. The van der Waals surface area contributed by atoms with Gasteiger partial charge in [0.2, 0.25) is 5.91 Å². The molecule has 0 saturated carbocycles. The van der Waals surface area contributed by atoms with Crippen LogP contribution in [0.25, 0.3) is 0 Å². The summed E-state index contributed by atoms with van der Waals surface area (Å²) in [5.74, 6) is 0.991. The summed E-state index contributed by atoms with van der Waals surface area (Å²) in [5.41, 5.74) is 1.27. The molecule has 4 heteroatoms. The van der Waals surface area contributed by atoms with Crippen LogP contribution in [0.4, 0.5) is 0 Å². The summed E-state index contributed by atoms with van der Waals surface area (Å²) in [5, 5.41) is 2.84. The first kappa shape index (κ1) is 12.5. The molecule has 1 unspecified atom stereocenters. The Morgan fingerprint density at radius 3 is 3.00 bits per heavy atom. The highest BCUT2D eigenvalue weighted by Gasteiger charge is 2.19. The molecule has 92 valence electrons. The van der Waals surface area contributed by atoms with Crippen molar-refractivity contribution in [1.82, 2.24) is 5.32 Å². The Morgan fingerprint density at radius 1 is 1.35 bits per heavy atom. The number of rotatable bonds is 3. The maximum absolute atomic E-state index is 11.8. The van der Waals surface area contributed by atoms with Gasteiger partial charge in [-0.15, -0.1) is 11.8 Å². The van der Waals surface area contributed by atoms with Gasteiger partial charge < -0.3 is 10.1 Å². The standard InChI is InChI=1S/C13H17NO2S/c15-13-12(7-4-8-16-10-14-13)17-9-11-5-2-1-3-6-11/h1-3,5-6,12H,4,7-10H2,(H,14,15). The van der Waals surface area contributed by atoms with Crippen LogP contribution in [0, 0.1) is 0 Å². The Kier molecular flexibility index (Phi) is 4.88. The first-order valence-electron chi connectivity index (χ1n) is 5.87. The van der Waals surface area contributed by atoms with Crippen molar-refractivity contribution in [2.45, 2.75) is 23.8 Å². The van der Waals surface area contributed by atoms with Crippen LogP contribution in [0.3, 0.4) is 0 Å². The predicted octanol–water partition coefficient (Wildman–Crippen LogP) is 2.17. The third-order valence-electron chi connectivity index (χ3n) is 2.69. The summed E-state index contributed by atoms with van der Waals surface area (Å²) >= 11 is 1.71. The smallest absolute Gasteiger partial charge is 0.234 e. The fraction of sp³-hybridized carbons (Fsp3) is 0.462. The largest absolute Gasteiger partial charge is 0.361 e. The second-order valence-electron chi connectivity index (χ2n) is 4.02. The summed E-state index contributed by atoms with van der Waals surface area (Å²) < 4.78 is 5.21. The second-order valence-corrected chi connectivity index (χ2v) is 5.21. The molecule has 1 heterocycles. The van der Waals surface area contributed by atoms with E-state index in [-0.39, 0.29) is 11.2 Å². The third-order valence-corrected chi connectivity index (χ3v) is 4.04. The zero-order valence-electron chi connectivity index (χ0n) is 9.72. The van der Waals surface area contributed by atoms with Crippen LogP contribution in [0.2, 0.25) is 0 Å². The number of carbonyl (C=O) groups excluding carboxylic acids is 1. The Balaban J connectivity index is 1.85. The Labute approximate surface area is 106 Å². The van der Waals surface area contributed by atoms with Crippen LogP contribution in [0.1, 0.15) is 18.4 Å². The zero-order chi connectivity index (χ0) is 11.9. The Morgan fingerprint density at radius 2 is 2.18 bits per heavy atom. The molecule has 1 saturated heterocycles. The molecular weight excluding hydrogens is 234 g/mol. The monoisotopic (exact) mass is 251 g/mol. The molecule has 1 N–H and O–H groups in total. The Hall–Kier alpha value is -1.00. The quantitative estimate of drug-likeness (QED) is 0.894. The minimum atomic E-state index is 0.0547. The molecule has 1 fully saturated rings. The van der Waals surface area contributed by atoms with Crippen LogP contribution < -0.4 is 5.32 Å². The van der Waals surface area contributed by atoms with E-state index in [4.69, 9.17) is 4.74 Å². The van der Waals surface area contributed by atoms with Crippen LogP contribution >= 0.6 is 11.8 Å². The molecule has 0 radical (unpaired) electrons. The highest BCUT2D eigenvalue weighted by Crippen LogP contribution is 2.22. The lowest BCUT2D eigenvalue weighted by atomic mass is 10.2. The van der Waals surface area contributed by atoms with E-state index < -0.39 is 0 Å². The molecule has 0 spiro atoms. The summed E-state index contributed by atoms with van der Waals surface area (Å²) in [6, 6.07) is 10.3. The van der Waals surface area contributed by atoms with E-state index in [2.05, 4.69) is 17.4 Å². The van der Waals surface area contributed by atoms with Gasteiger partial charge in [0.25, 0.3) is 0 Å². The summed E-state index contributed by atoms with van der Waals surface area (Å²) in [7, 11) is 0. The first-order chi connectivity index (χ1) is 8.36. The van der Waals surface area contributed by atoms with E-state index in [0.29, 0.717) is 6.73 Å². The maximum atomic E-state index is 11.8. The van der Waals surface area contributed by atoms with Crippen LogP contribution in [0.15, 0.2) is 30.3 Å². The minimum Gasteiger partial charge on any atom is -0.361 e. The fourth-order valence-electron chi connectivity index (χ4n) is 1.74. The molecule has 2 rings (SSSR count). The number of carbonyl (C=O) groups is 1. The van der Waals surface area contributed by atoms with Gasteiger partial charge in [0, 0.05) is 12.4 Å². The number of hydrogen-bond acceptors (Lipinski definition) is 3. The number of ether oxygens (including phenoxy) is 1. The van der Waals surface area contributed by atoms with E-state index in [1.165, 1.54) is 5.56 Å². The lowest BCUT2D eigenvalue weighted by molar-refractivity contribution is -0.123. The molecule has 0 bridgehead atoms. The Bertz CT molecular complexity index is 356. The molecule has 1 aliphatic heterocycles. The normalized spacial score (nSPS) is 21.4. The van der Waals surface area contributed by atoms with E-state index in [0.717, 1.165) is 25.2 Å². The summed E-state index contributed by atoms with van der Waals surface area (Å²) in [6.45, 7) is 1.09. The van der Waals surface area contributed by atoms with Crippen molar-refractivity contribution in [2.24, 2.45) is 0 Å². The van der Waals surface area contributed by atoms with E-state index in [1.54, 1.807) is 11.8 Å². The molecule has 1 atom stereocenters. The van der Waals surface area contributed by atoms with Crippen molar-refractivity contribution < 1.29 is 9.53 Å². The van der Waals surface area contributed by atoms with Crippen LogP contribution in [-0.2, 0) is 15.3 Å². The molecular formula is C13H17NO2S. The van der Waals surface area contributed by atoms with Gasteiger partial charge in [-0.1, -0.05) is 30.3 Å². The highest BCUT2D eigenvalue weighted by molar-refractivity contribution is 7.99. The molecule has 3 nitrogen and oxygen atoms in total. The topological polar surface area (TPSA) is 38.3 Å². The SMILES string of the molecule is O=C1NCOCCCC1SCc1ccccc1. The average molecular weight is 251 g/mol. The van der Waals surface area contributed by atoms with Crippen molar-refractivity contribution in [1.29, 1.82) is 0 Å². The zero-order valence-corrected chi connectivity index (χ0v) is 10.5. The predicted molar refractivity (Wildman–Crippen MR) is 69.7 cm³/mol. The van der Waals surface area contributed by atoms with Gasteiger partial charge in [-0.25, -0.2) is 0 Å². The van der Waals surface area contributed by atoms with Gasteiger partial charge >= 0.3 is 0 Å². The van der Waals surface area contributed by atoms with E-state index in [9.17, 15) is 4.79 Å². The van der Waals surface area contributed by atoms with Crippen molar-refractivity contribution in [3.63, 3.8) is 0 Å². The van der Waals surface area contributed by atoms with Crippen molar-refractivity contribution in [3.05, 3.63) is 35.9 Å². The van der Waals surface area contributed by atoms with Gasteiger partial charge in [0.05, 0.1) is 5.25 Å². The van der Waals surface area contributed by atoms with Crippen LogP contribution in [-0.4, -0.2) is 24.5 Å². The van der Waals surface area contributed by atoms with Gasteiger partial charge in [-0.05, 0) is 18.4 Å². The number of amides is 1. The van der Waals surface area contributed by atoms with Crippen molar-refractivity contribution in [2.75, 3.05) is 13.3 Å². The average Bonchev–Trinajstić information content (AvgIpc) is 2.35. The third kappa shape index (κ3) is 4.06. The molecule has 1 aliphatic rings. The van der Waals surface area contributed by atoms with E-state index in [1.807, 2.05) is 18.2 Å². The van der Waals surface area contributed by atoms with Gasteiger partial charge in [0.1, 0.15) is 6.73 Å². The van der Waals surface area contributed by atoms with E-state index >= 15 is 0 Å². The molecule has 17 heavy (non-hydrogen) atoms. The number of thioether (sulfide) groups is 1. The maximum Gasteiger partial charge on any atom is 0.234 e. The lowest BCUT2D eigenvalue weighted by Crippen LogP contribution is -2.36. The van der Waals surface area contributed by atoms with Crippen molar-refractivity contribution in [3.8, 4) is 0 Å². The fourth-order valence-corrected chi connectivity index (χ4v) is 2.89. The second kappa shape index (κ2) is 6.67. The highest BCUT2D eigenvalue weighted by atomic mass is 32.2. The first-order valence-corrected chi connectivity index (χ1v) is 6.92. The minimum absolute atomic E-state index is 0.0547. The molecule has 1 amide bonds. The number of nitrogens with one attached hydrogen (secondary N) is 1. The lowest BCUT2D eigenvalue weighted by Gasteiger charge is -2.19. The molecule has 0 aromatic heterocycles. The molecule has 1 aromatic carbocycles. The number of benzene rings is 1. The van der Waals surface area contributed by atoms with Crippen LogP contribution in [0.5, 0.6) is 0 Å². The van der Waals surface area contributed by atoms with Gasteiger partial charge in [-0.3, -0.25) is 4.79 Å². The number of hydrogen-bond donors (Lipinski definition) is 1. The van der Waals surface area contributed by atoms with Crippen molar-refractivity contribution >= 4 is 17.7 Å². The molecule has 1 aromatic rings. The van der Waals surface area contributed by atoms with Gasteiger partial charge in [-0.2, -0.15) is 0 Å². The van der Waals surface area contributed by atoms with Gasteiger partial charge in [0.15, 0.2) is 0 Å². The molecule has 0 aliphatic carbocycles. The summed E-state index contributed by atoms with van der Waals surface area (Å²) in [6.07, 6.45) is 1.85.